The van der Waals surface area contributed by atoms with Gasteiger partial charge in [-0.25, -0.2) is 0 Å². The molecule has 0 atom stereocenters. The smallest absolute Gasteiger partial charge is 0.135 e. The second kappa shape index (κ2) is 13.0. The van der Waals surface area contributed by atoms with Crippen molar-refractivity contribution in [3.63, 3.8) is 0 Å². The molecule has 0 aliphatic rings. The van der Waals surface area contributed by atoms with Crippen LogP contribution in [0.15, 0.2) is 223 Å². The molecule has 0 saturated heterocycles. The van der Waals surface area contributed by atoms with Crippen LogP contribution in [-0.4, -0.2) is 0 Å². The fourth-order valence-corrected chi connectivity index (χ4v) is 11.6. The molecule has 15 aromatic rings. The van der Waals surface area contributed by atoms with Gasteiger partial charge in [0.25, 0.3) is 0 Å². The van der Waals surface area contributed by atoms with Crippen molar-refractivity contribution in [1.29, 1.82) is 0 Å². The van der Waals surface area contributed by atoms with Crippen LogP contribution in [0.3, 0.4) is 0 Å². The maximum absolute atomic E-state index is 6.43. The number of rotatable bonds is 4. The standard InChI is InChI=1S/C64H36O/c1-2-10-44-34-54(53(33-43(44)9-1)47-28-23-41-21-19-37-11-7-13-39-25-30-51(47)63(41)60(37)39)57-36-55(48-29-24-42-22-20-38-12-8-14-40-26-31-52(48)64(42)61(38)40)46-15-3-4-17-50(46)62(57)45-27-32-59-56(35-45)49-16-5-6-18-58(49)65-59/h1-36H. The van der Waals surface area contributed by atoms with Gasteiger partial charge in [0.2, 0.25) is 0 Å². The summed E-state index contributed by atoms with van der Waals surface area (Å²) in [4.78, 5) is 0. The van der Waals surface area contributed by atoms with E-state index in [1.54, 1.807) is 0 Å². The second-order valence-electron chi connectivity index (χ2n) is 17.9. The molecule has 15 rings (SSSR count). The molecular weight excluding hydrogens is 785 g/mol. The molecule has 0 amide bonds. The first-order chi connectivity index (χ1) is 32.2. The van der Waals surface area contributed by atoms with Gasteiger partial charge in [0.05, 0.1) is 0 Å². The SMILES string of the molecule is c1ccc2cc(-c3ccc4ccc5cccc6ccc3c4c56)c(-c3cc(-c4ccc5ccc6cccc7ccc4c5c67)c4ccccc4c3-c3ccc4oc5ccccc5c4c3)cc2c1. The van der Waals surface area contributed by atoms with Gasteiger partial charge in [0, 0.05) is 10.8 Å². The van der Waals surface area contributed by atoms with Crippen molar-refractivity contribution in [3.8, 4) is 44.5 Å². The topological polar surface area (TPSA) is 13.1 Å². The summed E-state index contributed by atoms with van der Waals surface area (Å²) in [6.45, 7) is 0. The number of benzene rings is 14. The molecule has 1 heterocycles. The summed E-state index contributed by atoms with van der Waals surface area (Å²) in [7, 11) is 0. The Morgan fingerprint density at radius 3 is 1.31 bits per heavy atom. The van der Waals surface area contributed by atoms with E-state index >= 15 is 0 Å². The van der Waals surface area contributed by atoms with E-state index in [1.165, 1.54) is 125 Å². The van der Waals surface area contributed by atoms with Crippen molar-refractivity contribution in [1.82, 2.24) is 0 Å². The van der Waals surface area contributed by atoms with E-state index in [1.807, 2.05) is 0 Å². The summed E-state index contributed by atoms with van der Waals surface area (Å²) in [6.07, 6.45) is 0. The Labute approximate surface area is 373 Å². The monoisotopic (exact) mass is 820 g/mol. The first-order valence-electron chi connectivity index (χ1n) is 22.6. The third-order valence-electron chi connectivity index (χ3n) is 14.5. The zero-order chi connectivity index (χ0) is 42.3. The van der Waals surface area contributed by atoms with Crippen LogP contribution in [-0.2, 0) is 0 Å². The van der Waals surface area contributed by atoms with Gasteiger partial charge in [-0.1, -0.05) is 182 Å². The van der Waals surface area contributed by atoms with Crippen molar-refractivity contribution in [3.05, 3.63) is 218 Å². The lowest BCUT2D eigenvalue weighted by Gasteiger charge is -2.23. The van der Waals surface area contributed by atoms with E-state index in [0.29, 0.717) is 0 Å². The molecule has 0 fully saturated rings. The zero-order valence-electron chi connectivity index (χ0n) is 35.2. The lowest BCUT2D eigenvalue weighted by molar-refractivity contribution is 0.669. The molecule has 14 aromatic carbocycles. The summed E-state index contributed by atoms with van der Waals surface area (Å²) < 4.78 is 6.43. The third-order valence-corrected chi connectivity index (χ3v) is 14.5. The first-order valence-corrected chi connectivity index (χ1v) is 22.6. The fraction of sp³-hybridized carbons (Fsp3) is 0. The third kappa shape index (κ3) is 4.93. The van der Waals surface area contributed by atoms with E-state index < -0.39 is 0 Å². The predicted molar refractivity (Wildman–Crippen MR) is 278 cm³/mol. The minimum absolute atomic E-state index is 0.895. The normalized spacial score (nSPS) is 12.3. The maximum Gasteiger partial charge on any atom is 0.135 e. The molecule has 0 unspecified atom stereocenters. The average molecular weight is 821 g/mol. The van der Waals surface area contributed by atoms with Gasteiger partial charge in [0.1, 0.15) is 11.2 Å². The van der Waals surface area contributed by atoms with Crippen LogP contribution in [0.4, 0.5) is 0 Å². The Balaban J connectivity index is 1.11. The minimum atomic E-state index is 0.895. The number of fused-ring (bicyclic) bond motifs is 5. The largest absolute Gasteiger partial charge is 0.456 e. The predicted octanol–water partition coefficient (Wildman–Crippen LogP) is 18.4. The Morgan fingerprint density at radius 1 is 0.215 bits per heavy atom. The summed E-state index contributed by atoms with van der Waals surface area (Å²) in [5, 5.41) is 22.6. The van der Waals surface area contributed by atoms with Crippen LogP contribution in [0.1, 0.15) is 0 Å². The highest BCUT2D eigenvalue weighted by Crippen LogP contribution is 2.51. The molecular formula is C64H36O. The highest BCUT2D eigenvalue weighted by molar-refractivity contribution is 6.28. The van der Waals surface area contributed by atoms with Gasteiger partial charge in [-0.15, -0.1) is 0 Å². The average Bonchev–Trinajstić information content (AvgIpc) is 3.74. The molecule has 1 aromatic heterocycles. The zero-order valence-corrected chi connectivity index (χ0v) is 35.2. The Kier molecular flexibility index (Phi) is 7.01. The van der Waals surface area contributed by atoms with Crippen LogP contribution in [0.5, 0.6) is 0 Å². The van der Waals surface area contributed by atoms with Crippen molar-refractivity contribution in [2.24, 2.45) is 0 Å². The molecule has 0 saturated carbocycles. The van der Waals surface area contributed by atoms with Crippen LogP contribution < -0.4 is 0 Å². The summed E-state index contributed by atoms with van der Waals surface area (Å²) in [5.41, 5.74) is 11.5. The van der Waals surface area contributed by atoms with Crippen LogP contribution >= 0.6 is 0 Å². The van der Waals surface area contributed by atoms with Crippen LogP contribution in [0.25, 0.3) is 153 Å². The quantitative estimate of drug-likeness (QED) is 0.161. The van der Waals surface area contributed by atoms with E-state index in [-0.39, 0.29) is 0 Å². The van der Waals surface area contributed by atoms with E-state index in [2.05, 4.69) is 218 Å². The molecule has 0 spiro atoms. The molecule has 0 bridgehead atoms. The summed E-state index contributed by atoms with van der Waals surface area (Å²) in [6, 6.07) is 81.7. The summed E-state index contributed by atoms with van der Waals surface area (Å²) in [5.74, 6) is 0. The minimum Gasteiger partial charge on any atom is -0.456 e. The fourth-order valence-electron chi connectivity index (χ4n) is 11.6. The number of hydrogen-bond donors (Lipinski definition) is 0. The Bertz CT molecular complexity index is 4440. The van der Waals surface area contributed by atoms with Gasteiger partial charge >= 0.3 is 0 Å². The first kappa shape index (κ1) is 35.0. The Hall–Kier alpha value is -8.52. The van der Waals surface area contributed by atoms with Gasteiger partial charge < -0.3 is 4.42 Å². The van der Waals surface area contributed by atoms with Crippen molar-refractivity contribution in [2.75, 3.05) is 0 Å². The maximum atomic E-state index is 6.43. The van der Waals surface area contributed by atoms with Crippen molar-refractivity contribution < 1.29 is 4.42 Å². The molecule has 298 valence electrons. The molecule has 0 aliphatic heterocycles. The van der Waals surface area contributed by atoms with Gasteiger partial charge in [-0.2, -0.15) is 0 Å². The van der Waals surface area contributed by atoms with Gasteiger partial charge in [-0.3, -0.25) is 0 Å². The van der Waals surface area contributed by atoms with E-state index in [4.69, 9.17) is 4.42 Å². The highest BCUT2D eigenvalue weighted by Gasteiger charge is 2.24. The van der Waals surface area contributed by atoms with E-state index in [9.17, 15) is 0 Å². The number of para-hydroxylation sites is 1. The number of hydrogen-bond acceptors (Lipinski definition) is 1. The molecule has 1 heteroatoms. The van der Waals surface area contributed by atoms with Gasteiger partial charge in [-0.05, 0) is 167 Å². The summed E-state index contributed by atoms with van der Waals surface area (Å²) >= 11 is 0. The lowest BCUT2D eigenvalue weighted by atomic mass is 9.80. The second-order valence-corrected chi connectivity index (χ2v) is 17.9. The van der Waals surface area contributed by atoms with Crippen molar-refractivity contribution in [2.45, 2.75) is 0 Å². The molecule has 0 aliphatic carbocycles. The van der Waals surface area contributed by atoms with Crippen molar-refractivity contribution >= 4 is 108 Å². The van der Waals surface area contributed by atoms with Gasteiger partial charge in [0.15, 0.2) is 0 Å². The lowest BCUT2D eigenvalue weighted by Crippen LogP contribution is -1.96. The number of furan rings is 1. The molecule has 0 N–H and O–H groups in total. The van der Waals surface area contributed by atoms with Crippen LogP contribution in [0.2, 0.25) is 0 Å². The molecule has 1 nitrogen and oxygen atoms in total. The highest BCUT2D eigenvalue weighted by atomic mass is 16.3. The van der Waals surface area contributed by atoms with E-state index in [0.717, 1.165) is 27.5 Å². The Morgan fingerprint density at radius 2 is 0.677 bits per heavy atom. The molecule has 0 radical (unpaired) electrons. The molecule has 65 heavy (non-hydrogen) atoms. The van der Waals surface area contributed by atoms with Crippen LogP contribution in [0, 0.1) is 0 Å².